The van der Waals surface area contributed by atoms with Crippen LogP contribution in [0.25, 0.3) is 0 Å². The number of phenolic OH excluding ortho intramolecular Hbond substituents is 1. The van der Waals surface area contributed by atoms with E-state index in [1.807, 2.05) is 29.5 Å². The number of aromatic hydroxyl groups is 1. The van der Waals surface area contributed by atoms with Gasteiger partial charge in [-0.3, -0.25) is 10.2 Å². The van der Waals surface area contributed by atoms with Crippen LogP contribution in [0.4, 0.5) is 5.69 Å². The average Bonchev–Trinajstić information content (AvgIpc) is 2.93. The molecule has 0 spiro atoms. The Morgan fingerprint density at radius 1 is 1.45 bits per heavy atom. The summed E-state index contributed by atoms with van der Waals surface area (Å²) < 4.78 is 1.57. The summed E-state index contributed by atoms with van der Waals surface area (Å²) in [4.78, 5) is 13.2. The number of nitrogens with two attached hydrogens (primary N) is 1. The first-order valence-corrected chi connectivity index (χ1v) is 6.01. The lowest BCUT2D eigenvalue weighted by Gasteiger charge is -2.18. The first kappa shape index (κ1) is 13.8. The quantitative estimate of drug-likeness (QED) is 0.394. The number of hydrogen-bond acceptors (Lipinski definition) is 6. The Morgan fingerprint density at radius 3 is 2.80 bits per heavy atom. The molecule has 0 aliphatic carbocycles. The zero-order valence-electron chi connectivity index (χ0n) is 11.0. The van der Waals surface area contributed by atoms with Gasteiger partial charge < -0.3 is 10.0 Å². The van der Waals surface area contributed by atoms with E-state index in [9.17, 15) is 9.90 Å². The van der Waals surface area contributed by atoms with Gasteiger partial charge in [0, 0.05) is 19.3 Å². The molecule has 1 aromatic heterocycles. The van der Waals surface area contributed by atoms with Gasteiger partial charge in [0.15, 0.2) is 5.69 Å². The largest absolute Gasteiger partial charge is 0.508 e. The monoisotopic (exact) mass is 276 g/mol. The predicted molar refractivity (Wildman–Crippen MR) is 73.1 cm³/mol. The minimum absolute atomic E-state index is 0.180. The molecule has 4 N–H and O–H groups in total. The minimum atomic E-state index is -0.469. The van der Waals surface area contributed by atoms with E-state index in [1.54, 1.807) is 16.8 Å². The van der Waals surface area contributed by atoms with Crippen molar-refractivity contribution in [3.63, 3.8) is 0 Å². The number of aromatic nitrogens is 3. The van der Waals surface area contributed by atoms with Crippen LogP contribution in [0.15, 0.2) is 30.5 Å². The number of benzene rings is 1. The van der Waals surface area contributed by atoms with Gasteiger partial charge in [0.05, 0.1) is 12.7 Å². The van der Waals surface area contributed by atoms with Crippen molar-refractivity contribution in [3.05, 3.63) is 36.2 Å². The zero-order valence-corrected chi connectivity index (χ0v) is 11.0. The molecule has 1 heterocycles. The molecule has 0 aliphatic rings. The molecule has 0 bridgehead atoms. The van der Waals surface area contributed by atoms with Crippen LogP contribution < -0.4 is 16.2 Å². The number of nitrogens with one attached hydrogen (secondary N) is 1. The lowest BCUT2D eigenvalue weighted by Crippen LogP contribution is -2.30. The maximum atomic E-state index is 11.2. The predicted octanol–water partition coefficient (Wildman–Crippen LogP) is -0.276. The number of nitrogen functional groups attached to an aromatic ring is 1. The Morgan fingerprint density at radius 2 is 2.15 bits per heavy atom. The van der Waals surface area contributed by atoms with E-state index in [2.05, 4.69) is 10.3 Å². The second-order valence-electron chi connectivity index (χ2n) is 4.28. The molecule has 20 heavy (non-hydrogen) atoms. The number of carbonyl (C=O) groups excluding carboxylic acids is 1. The number of amides is 1. The van der Waals surface area contributed by atoms with Gasteiger partial charge in [-0.2, -0.15) is 0 Å². The summed E-state index contributed by atoms with van der Waals surface area (Å²) in [6.45, 7) is 1.25. The van der Waals surface area contributed by atoms with Crippen molar-refractivity contribution >= 4 is 11.6 Å². The highest BCUT2D eigenvalue weighted by Gasteiger charge is 2.09. The van der Waals surface area contributed by atoms with Gasteiger partial charge in [0.1, 0.15) is 5.75 Å². The second kappa shape index (κ2) is 6.02. The number of likely N-dealkylation sites (N-methyl/N-ethyl adjacent to an activating group) is 1. The Labute approximate surface area is 115 Å². The van der Waals surface area contributed by atoms with E-state index in [0.29, 0.717) is 13.1 Å². The molecule has 1 aromatic carbocycles. The molecule has 0 saturated heterocycles. The minimum Gasteiger partial charge on any atom is -0.508 e. The van der Waals surface area contributed by atoms with Crippen LogP contribution in [0, 0.1) is 0 Å². The average molecular weight is 276 g/mol. The fourth-order valence-corrected chi connectivity index (χ4v) is 1.67. The lowest BCUT2D eigenvalue weighted by molar-refractivity contribution is 0.0948. The van der Waals surface area contributed by atoms with Gasteiger partial charge in [-0.15, -0.1) is 5.10 Å². The third kappa shape index (κ3) is 3.23. The zero-order chi connectivity index (χ0) is 14.5. The third-order valence-electron chi connectivity index (χ3n) is 2.86. The Bertz CT molecular complexity index is 580. The molecular formula is C12H16N6O2. The smallest absolute Gasteiger partial charge is 0.287 e. The molecule has 8 heteroatoms. The summed E-state index contributed by atoms with van der Waals surface area (Å²) in [5, 5.41) is 16.8. The molecule has 0 radical (unpaired) electrons. The summed E-state index contributed by atoms with van der Waals surface area (Å²) in [5.41, 5.74) is 3.16. The van der Waals surface area contributed by atoms with Crippen molar-refractivity contribution in [1.29, 1.82) is 0 Å². The van der Waals surface area contributed by atoms with E-state index >= 15 is 0 Å². The molecule has 2 aromatic rings. The fourth-order valence-electron chi connectivity index (χ4n) is 1.67. The van der Waals surface area contributed by atoms with E-state index in [4.69, 9.17) is 5.84 Å². The Kier molecular flexibility index (Phi) is 4.16. The van der Waals surface area contributed by atoms with Crippen molar-refractivity contribution in [2.45, 2.75) is 6.54 Å². The number of anilines is 1. The van der Waals surface area contributed by atoms with Crippen LogP contribution in [-0.2, 0) is 6.54 Å². The van der Waals surface area contributed by atoms with Crippen LogP contribution in [-0.4, -0.2) is 39.6 Å². The van der Waals surface area contributed by atoms with Gasteiger partial charge in [-0.25, -0.2) is 10.5 Å². The summed E-state index contributed by atoms with van der Waals surface area (Å²) in [5.74, 6) is 4.78. The molecular weight excluding hydrogens is 260 g/mol. The summed E-state index contributed by atoms with van der Waals surface area (Å²) >= 11 is 0. The first-order valence-electron chi connectivity index (χ1n) is 6.01. The van der Waals surface area contributed by atoms with Crippen molar-refractivity contribution in [2.24, 2.45) is 5.84 Å². The number of carbonyl (C=O) groups is 1. The summed E-state index contributed by atoms with van der Waals surface area (Å²) in [6.07, 6.45) is 1.53. The second-order valence-corrected chi connectivity index (χ2v) is 4.28. The SMILES string of the molecule is CN(CCn1cc(C(=O)NN)nn1)c1ccc(O)cc1. The van der Waals surface area contributed by atoms with E-state index in [0.717, 1.165) is 5.69 Å². The highest BCUT2D eigenvalue weighted by atomic mass is 16.3. The van der Waals surface area contributed by atoms with Crippen molar-refractivity contribution < 1.29 is 9.90 Å². The molecule has 1 amide bonds. The molecule has 0 atom stereocenters. The number of hydrogen-bond donors (Lipinski definition) is 3. The fraction of sp³-hybridized carbons (Fsp3) is 0.250. The third-order valence-corrected chi connectivity index (χ3v) is 2.86. The molecule has 2 rings (SSSR count). The van der Waals surface area contributed by atoms with E-state index in [-0.39, 0.29) is 11.4 Å². The van der Waals surface area contributed by atoms with Crippen molar-refractivity contribution in [1.82, 2.24) is 20.4 Å². The Hall–Kier alpha value is -2.61. The molecule has 8 nitrogen and oxygen atoms in total. The highest BCUT2D eigenvalue weighted by Crippen LogP contribution is 2.16. The number of rotatable bonds is 5. The maximum Gasteiger partial charge on any atom is 0.287 e. The van der Waals surface area contributed by atoms with Crippen LogP contribution in [0.2, 0.25) is 0 Å². The van der Waals surface area contributed by atoms with Crippen LogP contribution >= 0.6 is 0 Å². The molecule has 0 unspecified atom stereocenters. The molecule has 0 fully saturated rings. The summed E-state index contributed by atoms with van der Waals surface area (Å²) in [7, 11) is 1.93. The van der Waals surface area contributed by atoms with Crippen molar-refractivity contribution in [2.75, 3.05) is 18.5 Å². The number of phenols is 1. The van der Waals surface area contributed by atoms with Gasteiger partial charge in [-0.1, -0.05) is 5.21 Å². The summed E-state index contributed by atoms with van der Waals surface area (Å²) in [6, 6.07) is 6.91. The van der Waals surface area contributed by atoms with Gasteiger partial charge in [-0.05, 0) is 24.3 Å². The molecule has 106 valence electrons. The normalized spacial score (nSPS) is 10.3. The number of nitrogens with zero attached hydrogens (tertiary/aromatic N) is 4. The van der Waals surface area contributed by atoms with E-state index < -0.39 is 5.91 Å². The van der Waals surface area contributed by atoms with Gasteiger partial charge in [0.25, 0.3) is 5.91 Å². The first-order chi connectivity index (χ1) is 9.60. The standard InChI is InChI=1S/C12H16N6O2/c1-17(9-2-4-10(19)5-3-9)6-7-18-8-11(15-16-18)12(20)14-13/h2-5,8,19H,6-7,13H2,1H3,(H,14,20). The highest BCUT2D eigenvalue weighted by molar-refractivity contribution is 5.91. The van der Waals surface area contributed by atoms with Gasteiger partial charge >= 0.3 is 0 Å². The topological polar surface area (TPSA) is 109 Å². The lowest BCUT2D eigenvalue weighted by atomic mass is 10.3. The number of hydrazine groups is 1. The molecule has 0 saturated carbocycles. The van der Waals surface area contributed by atoms with Crippen LogP contribution in [0.3, 0.4) is 0 Å². The Balaban J connectivity index is 1.93. The van der Waals surface area contributed by atoms with E-state index in [1.165, 1.54) is 6.20 Å². The van der Waals surface area contributed by atoms with Gasteiger partial charge in [0.2, 0.25) is 0 Å². The van der Waals surface area contributed by atoms with Crippen LogP contribution in [0.1, 0.15) is 10.5 Å². The molecule has 0 aliphatic heterocycles. The maximum absolute atomic E-state index is 11.2. The van der Waals surface area contributed by atoms with Crippen molar-refractivity contribution in [3.8, 4) is 5.75 Å². The van der Waals surface area contributed by atoms with Crippen LogP contribution in [0.5, 0.6) is 5.75 Å².